The number of alkyl carbamates (subject to hydrolysis) is 1. The maximum absolute atomic E-state index is 11.4. The van der Waals surface area contributed by atoms with Crippen LogP contribution in [-0.2, 0) is 4.74 Å². The minimum absolute atomic E-state index is 0.147. The second kappa shape index (κ2) is 7.37. The number of methoxy groups -OCH3 is 2. The van der Waals surface area contributed by atoms with Gasteiger partial charge in [0.15, 0.2) is 0 Å². The van der Waals surface area contributed by atoms with Gasteiger partial charge in [-0.1, -0.05) is 24.3 Å². The lowest BCUT2D eigenvalue weighted by molar-refractivity contribution is 0.165. The fourth-order valence-corrected chi connectivity index (χ4v) is 1.75. The Kier molecular flexibility index (Phi) is 5.77. The van der Waals surface area contributed by atoms with E-state index in [1.165, 1.54) is 7.11 Å². The molecule has 0 radical (unpaired) electrons. The van der Waals surface area contributed by atoms with Gasteiger partial charge in [0.1, 0.15) is 5.75 Å². The zero-order chi connectivity index (χ0) is 13.4. The molecule has 4 nitrogen and oxygen atoms in total. The number of allylic oxidation sites excluding steroid dienone is 1. The number of ether oxygens (including phenoxy) is 2. The lowest BCUT2D eigenvalue weighted by atomic mass is 10.0. The first kappa shape index (κ1) is 14.1. The van der Waals surface area contributed by atoms with Gasteiger partial charge in [-0.15, -0.1) is 6.58 Å². The van der Waals surface area contributed by atoms with Crippen molar-refractivity contribution in [1.82, 2.24) is 5.32 Å². The molecule has 0 fully saturated rings. The van der Waals surface area contributed by atoms with Crippen LogP contribution in [0, 0.1) is 0 Å². The molecular formula is C14H19NO3. The van der Waals surface area contributed by atoms with E-state index < -0.39 is 6.09 Å². The average Bonchev–Trinajstić information content (AvgIpc) is 2.43. The van der Waals surface area contributed by atoms with E-state index in [1.807, 2.05) is 30.3 Å². The fourth-order valence-electron chi connectivity index (χ4n) is 1.75. The highest BCUT2D eigenvalue weighted by molar-refractivity contribution is 5.67. The Balaban J connectivity index is 2.92. The van der Waals surface area contributed by atoms with E-state index in [-0.39, 0.29) is 6.04 Å². The van der Waals surface area contributed by atoms with Gasteiger partial charge in [-0.25, -0.2) is 4.79 Å². The van der Waals surface area contributed by atoms with Crippen molar-refractivity contribution in [2.45, 2.75) is 18.9 Å². The van der Waals surface area contributed by atoms with Crippen molar-refractivity contribution in [3.8, 4) is 5.75 Å². The monoisotopic (exact) mass is 249 g/mol. The van der Waals surface area contributed by atoms with E-state index in [4.69, 9.17) is 4.74 Å². The summed E-state index contributed by atoms with van der Waals surface area (Å²) < 4.78 is 9.94. The fraction of sp³-hybridized carbons (Fsp3) is 0.357. The van der Waals surface area contributed by atoms with E-state index in [9.17, 15) is 4.79 Å². The summed E-state index contributed by atoms with van der Waals surface area (Å²) in [6.07, 6.45) is 2.92. The second-order valence-corrected chi connectivity index (χ2v) is 3.80. The topological polar surface area (TPSA) is 47.6 Å². The Labute approximate surface area is 108 Å². The predicted octanol–water partition coefficient (Wildman–Crippen LogP) is 3.06. The Hall–Kier alpha value is -1.97. The van der Waals surface area contributed by atoms with Crippen molar-refractivity contribution >= 4 is 6.09 Å². The Morgan fingerprint density at radius 1 is 1.44 bits per heavy atom. The molecule has 0 heterocycles. The quantitative estimate of drug-likeness (QED) is 0.788. The van der Waals surface area contributed by atoms with Gasteiger partial charge in [-0.05, 0) is 18.9 Å². The van der Waals surface area contributed by atoms with Gasteiger partial charge in [0.2, 0.25) is 0 Å². The predicted molar refractivity (Wildman–Crippen MR) is 70.7 cm³/mol. The first-order valence-corrected chi connectivity index (χ1v) is 5.81. The van der Waals surface area contributed by atoms with Crippen LogP contribution in [0.1, 0.15) is 24.4 Å². The highest BCUT2D eigenvalue weighted by Gasteiger charge is 2.17. The first-order valence-electron chi connectivity index (χ1n) is 5.81. The summed E-state index contributed by atoms with van der Waals surface area (Å²) in [5, 5.41) is 2.80. The molecule has 98 valence electrons. The maximum Gasteiger partial charge on any atom is 0.407 e. The van der Waals surface area contributed by atoms with Crippen molar-refractivity contribution in [1.29, 1.82) is 0 Å². The number of benzene rings is 1. The van der Waals surface area contributed by atoms with Crippen LogP contribution in [-0.4, -0.2) is 20.3 Å². The van der Waals surface area contributed by atoms with Crippen molar-refractivity contribution < 1.29 is 14.3 Å². The van der Waals surface area contributed by atoms with Gasteiger partial charge in [-0.3, -0.25) is 0 Å². The van der Waals surface area contributed by atoms with E-state index in [0.717, 1.165) is 24.2 Å². The van der Waals surface area contributed by atoms with Crippen molar-refractivity contribution in [3.63, 3.8) is 0 Å². The highest BCUT2D eigenvalue weighted by atomic mass is 16.5. The third-order valence-corrected chi connectivity index (χ3v) is 2.65. The number of nitrogens with one attached hydrogen (secondary N) is 1. The van der Waals surface area contributed by atoms with Gasteiger partial charge in [0, 0.05) is 5.56 Å². The zero-order valence-electron chi connectivity index (χ0n) is 10.8. The molecule has 0 aliphatic heterocycles. The molecule has 1 atom stereocenters. The third kappa shape index (κ3) is 3.80. The van der Waals surface area contributed by atoms with Crippen LogP contribution in [0.4, 0.5) is 4.79 Å². The molecular weight excluding hydrogens is 230 g/mol. The third-order valence-electron chi connectivity index (χ3n) is 2.65. The van der Waals surface area contributed by atoms with Gasteiger partial charge in [-0.2, -0.15) is 0 Å². The molecule has 1 N–H and O–H groups in total. The summed E-state index contributed by atoms with van der Waals surface area (Å²) in [7, 11) is 2.96. The Morgan fingerprint density at radius 2 is 2.17 bits per heavy atom. The van der Waals surface area contributed by atoms with Crippen LogP contribution in [0.2, 0.25) is 0 Å². The lowest BCUT2D eigenvalue weighted by Crippen LogP contribution is -2.28. The molecule has 1 aromatic carbocycles. The molecule has 0 spiro atoms. The summed E-state index contributed by atoms with van der Waals surface area (Å²) in [5.74, 6) is 0.753. The number of para-hydroxylation sites is 1. The molecule has 0 saturated carbocycles. The van der Waals surface area contributed by atoms with E-state index >= 15 is 0 Å². The molecule has 0 saturated heterocycles. The number of hydrogen-bond donors (Lipinski definition) is 1. The smallest absolute Gasteiger partial charge is 0.407 e. The number of amides is 1. The van der Waals surface area contributed by atoms with Crippen LogP contribution in [0.15, 0.2) is 36.9 Å². The minimum Gasteiger partial charge on any atom is -0.496 e. The van der Waals surface area contributed by atoms with Gasteiger partial charge < -0.3 is 14.8 Å². The SMILES string of the molecule is C=CCCC(NC(=O)OC)c1ccccc1OC. The standard InChI is InChI=1S/C14H19NO3/c1-4-5-9-12(15-14(16)18-3)11-8-6-7-10-13(11)17-2/h4,6-8,10,12H,1,5,9H2,2-3H3,(H,15,16). The summed E-state index contributed by atoms with van der Waals surface area (Å²) in [4.78, 5) is 11.4. The molecule has 0 bridgehead atoms. The van der Waals surface area contributed by atoms with Crippen molar-refractivity contribution in [2.24, 2.45) is 0 Å². The van der Waals surface area contributed by atoms with E-state index in [0.29, 0.717) is 0 Å². The number of carbonyl (C=O) groups is 1. The van der Waals surface area contributed by atoms with Crippen molar-refractivity contribution in [2.75, 3.05) is 14.2 Å². The second-order valence-electron chi connectivity index (χ2n) is 3.80. The normalized spacial score (nSPS) is 11.4. The molecule has 1 rings (SSSR count). The van der Waals surface area contributed by atoms with E-state index in [1.54, 1.807) is 7.11 Å². The average molecular weight is 249 g/mol. The summed E-state index contributed by atoms with van der Waals surface area (Å²) >= 11 is 0. The Bertz CT molecular complexity index is 404. The van der Waals surface area contributed by atoms with Crippen LogP contribution in [0.3, 0.4) is 0 Å². The molecule has 0 aromatic heterocycles. The van der Waals surface area contributed by atoms with Crippen LogP contribution >= 0.6 is 0 Å². The minimum atomic E-state index is -0.449. The molecule has 1 amide bonds. The van der Waals surface area contributed by atoms with Crippen molar-refractivity contribution in [3.05, 3.63) is 42.5 Å². The zero-order valence-corrected chi connectivity index (χ0v) is 10.8. The molecule has 4 heteroatoms. The number of carbonyl (C=O) groups excluding carboxylic acids is 1. The highest BCUT2D eigenvalue weighted by Crippen LogP contribution is 2.28. The van der Waals surface area contributed by atoms with Gasteiger partial charge in [0.05, 0.1) is 20.3 Å². The van der Waals surface area contributed by atoms with Crippen LogP contribution in [0.25, 0.3) is 0 Å². The molecule has 18 heavy (non-hydrogen) atoms. The first-order chi connectivity index (χ1) is 8.72. The van der Waals surface area contributed by atoms with Crippen LogP contribution < -0.4 is 10.1 Å². The molecule has 0 aliphatic rings. The molecule has 1 aromatic rings. The maximum atomic E-state index is 11.4. The summed E-state index contributed by atoms with van der Waals surface area (Å²) in [5.41, 5.74) is 0.937. The molecule has 0 aliphatic carbocycles. The van der Waals surface area contributed by atoms with E-state index in [2.05, 4.69) is 16.6 Å². The molecule has 1 unspecified atom stereocenters. The lowest BCUT2D eigenvalue weighted by Gasteiger charge is -2.20. The summed E-state index contributed by atoms with van der Waals surface area (Å²) in [6.45, 7) is 3.69. The Morgan fingerprint density at radius 3 is 2.78 bits per heavy atom. The van der Waals surface area contributed by atoms with Gasteiger partial charge >= 0.3 is 6.09 Å². The van der Waals surface area contributed by atoms with Gasteiger partial charge in [0.25, 0.3) is 0 Å². The summed E-state index contributed by atoms with van der Waals surface area (Å²) in [6, 6.07) is 7.46. The number of rotatable bonds is 6. The van der Waals surface area contributed by atoms with Crippen LogP contribution in [0.5, 0.6) is 5.75 Å². The number of hydrogen-bond acceptors (Lipinski definition) is 3. The largest absolute Gasteiger partial charge is 0.496 e.